The summed E-state index contributed by atoms with van der Waals surface area (Å²) in [6, 6.07) is 5.69. The van der Waals surface area contributed by atoms with Gasteiger partial charge in [0, 0.05) is 18.5 Å². The Labute approximate surface area is 93.4 Å². The molecule has 5 heteroatoms. The van der Waals surface area contributed by atoms with Gasteiger partial charge >= 0.3 is 0 Å². The Morgan fingerprint density at radius 3 is 2.69 bits per heavy atom. The largest absolute Gasteiger partial charge is 0.327 e. The number of nitro groups is 1. The monoisotopic (exact) mass is 222 g/mol. The van der Waals surface area contributed by atoms with E-state index in [9.17, 15) is 14.9 Å². The second-order valence-corrected chi connectivity index (χ2v) is 3.57. The van der Waals surface area contributed by atoms with Crippen molar-refractivity contribution in [3.05, 3.63) is 39.9 Å². The number of nitro benzene ring substituents is 1. The second kappa shape index (κ2) is 5.37. The third-order valence-electron chi connectivity index (χ3n) is 2.37. The van der Waals surface area contributed by atoms with Crippen molar-refractivity contribution in [3.63, 3.8) is 0 Å². The number of carbonyl (C=O) groups excluding carboxylic acids is 1. The predicted octanol–water partition coefficient (Wildman–Crippen LogP) is 1.90. The van der Waals surface area contributed by atoms with Crippen molar-refractivity contribution in [2.45, 2.75) is 25.8 Å². The molecule has 0 aliphatic carbocycles. The molecule has 0 bridgehead atoms. The summed E-state index contributed by atoms with van der Waals surface area (Å²) in [7, 11) is 0. The lowest BCUT2D eigenvalue weighted by atomic mass is 10.0. The number of nitrogens with two attached hydrogens (primary N) is 1. The fourth-order valence-electron chi connectivity index (χ4n) is 1.36. The topological polar surface area (TPSA) is 86.2 Å². The van der Waals surface area contributed by atoms with E-state index in [1.807, 2.05) is 6.92 Å². The van der Waals surface area contributed by atoms with Crippen molar-refractivity contribution in [1.82, 2.24) is 0 Å². The first-order chi connectivity index (χ1) is 7.56. The smallest absolute Gasteiger partial charge is 0.280 e. The summed E-state index contributed by atoms with van der Waals surface area (Å²) in [5, 5.41) is 10.7. The Morgan fingerprint density at radius 1 is 1.50 bits per heavy atom. The van der Waals surface area contributed by atoms with Gasteiger partial charge in [-0.15, -0.1) is 0 Å². The van der Waals surface area contributed by atoms with Crippen LogP contribution in [0.15, 0.2) is 24.3 Å². The Morgan fingerprint density at radius 2 is 2.12 bits per heavy atom. The van der Waals surface area contributed by atoms with Gasteiger partial charge in [0.25, 0.3) is 5.69 Å². The molecule has 0 fully saturated rings. The number of nitrogens with zero attached hydrogens (tertiary/aromatic N) is 1. The molecule has 1 rings (SSSR count). The van der Waals surface area contributed by atoms with E-state index in [0.29, 0.717) is 6.42 Å². The highest BCUT2D eigenvalue weighted by atomic mass is 16.6. The lowest BCUT2D eigenvalue weighted by Crippen LogP contribution is -2.23. The first-order valence-corrected chi connectivity index (χ1v) is 5.08. The van der Waals surface area contributed by atoms with E-state index in [4.69, 9.17) is 5.73 Å². The van der Waals surface area contributed by atoms with Crippen molar-refractivity contribution >= 4 is 11.5 Å². The summed E-state index contributed by atoms with van der Waals surface area (Å²) < 4.78 is 0. The number of benzene rings is 1. The highest BCUT2D eigenvalue weighted by Gasteiger charge is 2.20. The summed E-state index contributed by atoms with van der Waals surface area (Å²) in [6.07, 6.45) is 0.813. The van der Waals surface area contributed by atoms with Crippen LogP contribution in [0.1, 0.15) is 30.1 Å². The fourth-order valence-corrected chi connectivity index (χ4v) is 1.36. The van der Waals surface area contributed by atoms with Crippen LogP contribution in [0, 0.1) is 10.1 Å². The van der Waals surface area contributed by atoms with Gasteiger partial charge in [0.2, 0.25) is 0 Å². The van der Waals surface area contributed by atoms with Crippen LogP contribution >= 0.6 is 0 Å². The van der Waals surface area contributed by atoms with Crippen LogP contribution in [0.3, 0.4) is 0 Å². The van der Waals surface area contributed by atoms with Crippen LogP contribution in [0.25, 0.3) is 0 Å². The number of Topliss-reactive ketones (excluding diaryl/α,β-unsaturated/α-hetero) is 1. The van der Waals surface area contributed by atoms with E-state index < -0.39 is 4.92 Å². The number of hydrogen-bond donors (Lipinski definition) is 1. The molecule has 5 nitrogen and oxygen atoms in total. The first kappa shape index (κ1) is 12.3. The Balaban J connectivity index is 2.95. The lowest BCUT2D eigenvalue weighted by Gasteiger charge is -2.07. The maximum absolute atomic E-state index is 11.8. The molecule has 0 heterocycles. The van der Waals surface area contributed by atoms with Crippen LogP contribution in [0.5, 0.6) is 0 Å². The maximum Gasteiger partial charge on any atom is 0.280 e. The molecule has 2 N–H and O–H groups in total. The lowest BCUT2D eigenvalue weighted by molar-refractivity contribution is -0.385. The highest BCUT2D eigenvalue weighted by molar-refractivity contribution is 6.00. The molecule has 0 radical (unpaired) electrons. The zero-order valence-electron chi connectivity index (χ0n) is 9.05. The molecule has 0 aliphatic rings. The summed E-state index contributed by atoms with van der Waals surface area (Å²) >= 11 is 0. The van der Waals surface area contributed by atoms with Crippen LogP contribution < -0.4 is 5.73 Å². The SMILES string of the molecule is CCC(N)CC(=O)c1ccccc1[N+](=O)[O-]. The van der Waals surface area contributed by atoms with Gasteiger partial charge in [-0.2, -0.15) is 0 Å². The molecule has 0 amide bonds. The van der Waals surface area contributed by atoms with E-state index in [1.54, 1.807) is 6.07 Å². The van der Waals surface area contributed by atoms with E-state index >= 15 is 0 Å². The number of carbonyl (C=O) groups is 1. The second-order valence-electron chi connectivity index (χ2n) is 3.57. The molecule has 1 aromatic carbocycles. The Bertz CT molecular complexity index is 404. The van der Waals surface area contributed by atoms with Crippen LogP contribution in [-0.4, -0.2) is 16.7 Å². The zero-order valence-corrected chi connectivity index (χ0v) is 9.05. The number of hydrogen-bond acceptors (Lipinski definition) is 4. The predicted molar refractivity (Wildman–Crippen MR) is 60.3 cm³/mol. The summed E-state index contributed by atoms with van der Waals surface area (Å²) in [5.41, 5.74) is 5.63. The molecule has 0 saturated carbocycles. The first-order valence-electron chi connectivity index (χ1n) is 5.08. The van der Waals surface area contributed by atoms with Crippen molar-refractivity contribution in [3.8, 4) is 0 Å². The molecule has 16 heavy (non-hydrogen) atoms. The highest BCUT2D eigenvalue weighted by Crippen LogP contribution is 2.19. The van der Waals surface area contributed by atoms with Crippen molar-refractivity contribution in [2.75, 3.05) is 0 Å². The van der Waals surface area contributed by atoms with Gasteiger partial charge in [0.05, 0.1) is 10.5 Å². The Kier molecular flexibility index (Phi) is 4.13. The third-order valence-corrected chi connectivity index (χ3v) is 2.37. The van der Waals surface area contributed by atoms with Gasteiger partial charge < -0.3 is 5.73 Å². The molecular weight excluding hydrogens is 208 g/mol. The quantitative estimate of drug-likeness (QED) is 0.468. The molecule has 0 aliphatic heterocycles. The summed E-state index contributed by atoms with van der Waals surface area (Å²) in [4.78, 5) is 21.9. The molecule has 0 spiro atoms. The maximum atomic E-state index is 11.8. The van der Waals surface area contributed by atoms with Gasteiger partial charge in [-0.1, -0.05) is 19.1 Å². The van der Waals surface area contributed by atoms with E-state index in [-0.39, 0.29) is 29.5 Å². The number of rotatable bonds is 5. The molecule has 0 saturated heterocycles. The summed E-state index contributed by atoms with van der Waals surface area (Å²) in [5.74, 6) is -0.276. The molecule has 0 aromatic heterocycles. The third kappa shape index (κ3) is 2.87. The van der Waals surface area contributed by atoms with Crippen molar-refractivity contribution in [1.29, 1.82) is 0 Å². The molecule has 86 valence electrons. The van der Waals surface area contributed by atoms with Gasteiger partial charge in [-0.25, -0.2) is 0 Å². The van der Waals surface area contributed by atoms with Crippen molar-refractivity contribution in [2.24, 2.45) is 5.73 Å². The zero-order chi connectivity index (χ0) is 12.1. The molecule has 1 unspecified atom stereocenters. The standard InChI is InChI=1S/C11H14N2O3/c1-2-8(12)7-11(14)9-5-3-4-6-10(9)13(15)16/h3-6,8H,2,7,12H2,1H3. The van der Waals surface area contributed by atoms with Gasteiger partial charge in [0.15, 0.2) is 5.78 Å². The minimum Gasteiger partial charge on any atom is -0.327 e. The summed E-state index contributed by atoms with van der Waals surface area (Å²) in [6.45, 7) is 1.87. The van der Waals surface area contributed by atoms with Crippen molar-refractivity contribution < 1.29 is 9.72 Å². The van der Waals surface area contributed by atoms with Crippen LogP contribution in [0.4, 0.5) is 5.69 Å². The molecule has 1 atom stereocenters. The minimum absolute atomic E-state index is 0.136. The average molecular weight is 222 g/mol. The average Bonchev–Trinajstić information content (AvgIpc) is 2.28. The van der Waals surface area contributed by atoms with E-state index in [0.717, 1.165) is 0 Å². The number of ketones is 1. The molecule has 1 aromatic rings. The van der Waals surface area contributed by atoms with E-state index in [2.05, 4.69) is 0 Å². The molecular formula is C11H14N2O3. The minimum atomic E-state index is -0.551. The normalized spacial score (nSPS) is 12.1. The fraction of sp³-hybridized carbons (Fsp3) is 0.364. The van der Waals surface area contributed by atoms with Gasteiger partial charge in [-0.3, -0.25) is 14.9 Å². The van der Waals surface area contributed by atoms with E-state index in [1.165, 1.54) is 18.2 Å². The van der Waals surface area contributed by atoms with Crippen LogP contribution in [0.2, 0.25) is 0 Å². The van der Waals surface area contributed by atoms with Gasteiger partial charge in [-0.05, 0) is 12.5 Å². The number of para-hydroxylation sites is 1. The Hall–Kier alpha value is -1.75. The van der Waals surface area contributed by atoms with Gasteiger partial charge in [0.1, 0.15) is 0 Å². The van der Waals surface area contributed by atoms with Crippen LogP contribution in [-0.2, 0) is 0 Å².